The molecule has 21 heavy (non-hydrogen) atoms. The zero-order valence-corrected chi connectivity index (χ0v) is 11.5. The molecular weight excluding hydrogens is 283 g/mol. The van der Waals surface area contributed by atoms with Crippen molar-refractivity contribution in [1.82, 2.24) is 15.5 Å². The molecule has 2 N–H and O–H groups in total. The molecule has 0 aliphatic carbocycles. The van der Waals surface area contributed by atoms with Crippen LogP contribution in [0.2, 0.25) is 0 Å². The molecule has 0 saturated carbocycles. The van der Waals surface area contributed by atoms with Crippen molar-refractivity contribution in [1.29, 1.82) is 0 Å². The lowest BCUT2D eigenvalue weighted by atomic mass is 10.1. The fraction of sp³-hybridized carbons (Fsp3) is 0.500. The Kier molecular flexibility index (Phi) is 5.19. The predicted molar refractivity (Wildman–Crippen MR) is 73.1 cm³/mol. The van der Waals surface area contributed by atoms with Crippen LogP contribution in [-0.4, -0.2) is 50.1 Å². The highest BCUT2D eigenvalue weighted by Gasteiger charge is 2.30. The van der Waals surface area contributed by atoms with Gasteiger partial charge in [-0.05, 0) is 24.3 Å². The molecule has 4 nitrogen and oxygen atoms in total. The first kappa shape index (κ1) is 15.8. The van der Waals surface area contributed by atoms with Crippen LogP contribution in [0.1, 0.15) is 15.9 Å². The van der Waals surface area contributed by atoms with Crippen molar-refractivity contribution in [3.8, 4) is 0 Å². The maximum absolute atomic E-state index is 12.4. The minimum atomic E-state index is -4.38. The zero-order valence-electron chi connectivity index (χ0n) is 11.5. The number of hydrogen-bond donors (Lipinski definition) is 2. The van der Waals surface area contributed by atoms with Crippen molar-refractivity contribution in [3.63, 3.8) is 0 Å². The van der Waals surface area contributed by atoms with E-state index in [2.05, 4.69) is 15.5 Å². The van der Waals surface area contributed by atoms with Crippen LogP contribution in [0.3, 0.4) is 0 Å². The lowest BCUT2D eigenvalue weighted by Gasteiger charge is -2.27. The van der Waals surface area contributed by atoms with Gasteiger partial charge in [0.05, 0.1) is 5.56 Å². The van der Waals surface area contributed by atoms with Gasteiger partial charge in [0, 0.05) is 44.8 Å². The Balaban J connectivity index is 1.80. The summed E-state index contributed by atoms with van der Waals surface area (Å²) in [5, 5.41) is 5.96. The summed E-state index contributed by atoms with van der Waals surface area (Å²) in [7, 11) is 0. The zero-order chi connectivity index (χ0) is 15.3. The Bertz CT molecular complexity index is 467. The van der Waals surface area contributed by atoms with E-state index >= 15 is 0 Å². The number of nitrogens with zero attached hydrogens (tertiary/aromatic N) is 1. The standard InChI is InChI=1S/C14H18F3N3O/c15-14(16,17)12-3-1-11(2-4-12)13(21)19-7-10-20-8-5-18-6-9-20/h1-4,18H,5-10H2,(H,19,21). The fourth-order valence-corrected chi connectivity index (χ4v) is 2.17. The predicted octanol–water partition coefficient (Wildman–Crippen LogP) is 1.34. The summed E-state index contributed by atoms with van der Waals surface area (Å²) in [4.78, 5) is 14.0. The first-order valence-corrected chi connectivity index (χ1v) is 6.85. The number of halogens is 3. The second-order valence-electron chi connectivity index (χ2n) is 4.92. The quantitative estimate of drug-likeness (QED) is 0.882. The molecule has 0 radical (unpaired) electrons. The average molecular weight is 301 g/mol. The van der Waals surface area contributed by atoms with E-state index in [9.17, 15) is 18.0 Å². The summed E-state index contributed by atoms with van der Waals surface area (Å²) in [6, 6.07) is 4.24. The second-order valence-corrected chi connectivity index (χ2v) is 4.92. The average Bonchev–Trinajstić information content (AvgIpc) is 2.47. The summed E-state index contributed by atoms with van der Waals surface area (Å²) >= 11 is 0. The van der Waals surface area contributed by atoms with Crippen molar-refractivity contribution < 1.29 is 18.0 Å². The molecule has 1 aliphatic rings. The molecule has 116 valence electrons. The Hall–Kier alpha value is -1.60. The topological polar surface area (TPSA) is 44.4 Å². The van der Waals surface area contributed by atoms with Crippen LogP contribution in [0.25, 0.3) is 0 Å². The molecule has 1 aliphatic heterocycles. The minimum Gasteiger partial charge on any atom is -0.351 e. The Morgan fingerprint density at radius 2 is 1.81 bits per heavy atom. The molecule has 1 amide bonds. The van der Waals surface area contributed by atoms with Gasteiger partial charge in [0.25, 0.3) is 5.91 Å². The van der Waals surface area contributed by atoms with Gasteiger partial charge in [-0.3, -0.25) is 9.69 Å². The third-order valence-electron chi connectivity index (χ3n) is 3.40. The maximum atomic E-state index is 12.4. The van der Waals surface area contributed by atoms with Crippen LogP contribution in [0.5, 0.6) is 0 Å². The Morgan fingerprint density at radius 1 is 1.19 bits per heavy atom. The third-order valence-corrected chi connectivity index (χ3v) is 3.40. The minimum absolute atomic E-state index is 0.239. The van der Waals surface area contributed by atoms with E-state index < -0.39 is 11.7 Å². The summed E-state index contributed by atoms with van der Waals surface area (Å²) in [6.45, 7) is 4.99. The number of carbonyl (C=O) groups excluding carboxylic acids is 1. The molecule has 0 unspecified atom stereocenters. The van der Waals surface area contributed by atoms with E-state index in [1.807, 2.05) is 0 Å². The molecule has 0 aromatic heterocycles. The second kappa shape index (κ2) is 6.91. The molecule has 0 bridgehead atoms. The van der Waals surface area contributed by atoms with Crippen molar-refractivity contribution in [2.45, 2.75) is 6.18 Å². The normalized spacial score (nSPS) is 16.7. The van der Waals surface area contributed by atoms with Crippen LogP contribution in [0.4, 0.5) is 13.2 Å². The number of rotatable bonds is 4. The highest BCUT2D eigenvalue weighted by atomic mass is 19.4. The van der Waals surface area contributed by atoms with Crippen molar-refractivity contribution in [2.75, 3.05) is 39.3 Å². The van der Waals surface area contributed by atoms with Gasteiger partial charge >= 0.3 is 6.18 Å². The van der Waals surface area contributed by atoms with Gasteiger partial charge in [-0.25, -0.2) is 0 Å². The molecule has 0 spiro atoms. The molecule has 1 fully saturated rings. The maximum Gasteiger partial charge on any atom is 0.416 e. The molecule has 0 atom stereocenters. The van der Waals surface area contributed by atoms with Gasteiger partial charge in [0.15, 0.2) is 0 Å². The van der Waals surface area contributed by atoms with Gasteiger partial charge < -0.3 is 10.6 Å². The third kappa shape index (κ3) is 4.71. The van der Waals surface area contributed by atoms with E-state index in [1.54, 1.807) is 0 Å². The van der Waals surface area contributed by atoms with Crippen molar-refractivity contribution in [2.24, 2.45) is 0 Å². The van der Waals surface area contributed by atoms with Gasteiger partial charge in [0.1, 0.15) is 0 Å². The fourth-order valence-electron chi connectivity index (χ4n) is 2.17. The summed E-state index contributed by atoms with van der Waals surface area (Å²) in [5.41, 5.74) is -0.511. The molecular formula is C14H18F3N3O. The van der Waals surface area contributed by atoms with E-state index in [1.165, 1.54) is 12.1 Å². The first-order chi connectivity index (χ1) is 9.97. The van der Waals surface area contributed by atoms with E-state index in [0.717, 1.165) is 44.9 Å². The number of amides is 1. The highest BCUT2D eigenvalue weighted by molar-refractivity contribution is 5.94. The lowest BCUT2D eigenvalue weighted by Crippen LogP contribution is -2.46. The molecule has 1 heterocycles. The highest BCUT2D eigenvalue weighted by Crippen LogP contribution is 2.28. The molecule has 1 aromatic rings. The Labute approximate surface area is 121 Å². The van der Waals surface area contributed by atoms with Gasteiger partial charge in [-0.1, -0.05) is 0 Å². The number of carbonyl (C=O) groups is 1. The van der Waals surface area contributed by atoms with Crippen LogP contribution in [0, 0.1) is 0 Å². The van der Waals surface area contributed by atoms with Crippen LogP contribution >= 0.6 is 0 Å². The largest absolute Gasteiger partial charge is 0.416 e. The summed E-state index contributed by atoms with van der Waals surface area (Å²) in [5.74, 6) is -0.348. The van der Waals surface area contributed by atoms with Crippen LogP contribution < -0.4 is 10.6 Å². The smallest absolute Gasteiger partial charge is 0.351 e. The number of alkyl halides is 3. The first-order valence-electron chi connectivity index (χ1n) is 6.85. The summed E-state index contributed by atoms with van der Waals surface area (Å²) in [6.07, 6.45) is -4.38. The van der Waals surface area contributed by atoms with Crippen molar-refractivity contribution >= 4 is 5.91 Å². The monoisotopic (exact) mass is 301 g/mol. The Morgan fingerprint density at radius 3 is 2.38 bits per heavy atom. The van der Waals surface area contributed by atoms with Crippen LogP contribution in [-0.2, 0) is 6.18 Å². The number of hydrogen-bond acceptors (Lipinski definition) is 3. The molecule has 1 saturated heterocycles. The SMILES string of the molecule is O=C(NCCN1CCNCC1)c1ccc(C(F)(F)F)cc1. The number of benzene rings is 1. The summed E-state index contributed by atoms with van der Waals surface area (Å²) < 4.78 is 37.3. The van der Waals surface area contributed by atoms with E-state index in [-0.39, 0.29) is 11.5 Å². The van der Waals surface area contributed by atoms with Gasteiger partial charge in [-0.2, -0.15) is 13.2 Å². The molecule has 7 heteroatoms. The number of piperazine rings is 1. The van der Waals surface area contributed by atoms with Crippen LogP contribution in [0.15, 0.2) is 24.3 Å². The van der Waals surface area contributed by atoms with Crippen molar-refractivity contribution in [3.05, 3.63) is 35.4 Å². The number of nitrogens with one attached hydrogen (secondary N) is 2. The molecule has 2 rings (SSSR count). The van der Waals surface area contributed by atoms with Gasteiger partial charge in [0.2, 0.25) is 0 Å². The van der Waals surface area contributed by atoms with E-state index in [4.69, 9.17) is 0 Å². The van der Waals surface area contributed by atoms with Gasteiger partial charge in [-0.15, -0.1) is 0 Å². The molecule has 1 aromatic carbocycles. The lowest BCUT2D eigenvalue weighted by molar-refractivity contribution is -0.137. The van der Waals surface area contributed by atoms with E-state index in [0.29, 0.717) is 6.54 Å².